The Morgan fingerprint density at radius 2 is 1.79 bits per heavy atom. The molecule has 5 aliphatic rings. The number of sulfonamides is 1. The van der Waals surface area contributed by atoms with E-state index in [1.165, 1.54) is 42.9 Å². The number of hydrogen-bond acceptors (Lipinski definition) is 14. The SMILES string of the molecule is COCCN(C)c1nc2[nH]ccc2cc1Oc1cc(N2CCC3(CC2)CC(N2CCC[C@H]2c2ccccc2C(C)C)C3)ccc1C(=O)NS(=O)(=O)c1cc2c(c([N+](=O)[O-])c1)N[C@@H](C1CCC(C)(O)CC1)CO2. The minimum absolute atomic E-state index is 0.00406. The highest BCUT2D eigenvalue weighted by Gasteiger charge is 2.50. The Morgan fingerprint density at radius 1 is 1.03 bits per heavy atom. The maximum atomic E-state index is 14.4. The molecule has 18 heteroatoms. The third-order valence-corrected chi connectivity index (χ3v) is 17.7. The highest BCUT2D eigenvalue weighted by atomic mass is 32.2. The number of hydrogen-bond donors (Lipinski definition) is 4. The summed E-state index contributed by atoms with van der Waals surface area (Å²) in [6, 6.07) is 20.8. The zero-order chi connectivity index (χ0) is 50.5. The number of aromatic amines is 1. The lowest BCUT2D eigenvalue weighted by Crippen LogP contribution is -2.54. The van der Waals surface area contributed by atoms with Gasteiger partial charge in [0.1, 0.15) is 18.0 Å². The highest BCUT2D eigenvalue weighted by molar-refractivity contribution is 7.90. The summed E-state index contributed by atoms with van der Waals surface area (Å²) >= 11 is 0. The molecular weight excluding hydrogens is 937 g/mol. The summed E-state index contributed by atoms with van der Waals surface area (Å²) in [6.45, 7) is 10.2. The van der Waals surface area contributed by atoms with Gasteiger partial charge >= 0.3 is 0 Å². The fraction of sp³-hybridized carbons (Fsp3) is 0.519. The van der Waals surface area contributed by atoms with E-state index < -0.39 is 37.0 Å². The van der Waals surface area contributed by atoms with Gasteiger partial charge in [-0.1, -0.05) is 38.1 Å². The number of aliphatic hydroxyl groups is 1. The van der Waals surface area contributed by atoms with Crippen LogP contribution in [0.25, 0.3) is 11.0 Å². The topological polar surface area (TPSA) is 205 Å². The van der Waals surface area contributed by atoms with Crippen LogP contribution in [0.4, 0.5) is 22.9 Å². The van der Waals surface area contributed by atoms with Crippen LogP contribution in [0, 0.1) is 21.4 Å². The molecule has 5 aromatic rings. The first-order valence-electron chi connectivity index (χ1n) is 25.6. The number of pyridine rings is 1. The Hall–Kier alpha value is -5.95. The van der Waals surface area contributed by atoms with Crippen LogP contribution >= 0.6 is 0 Å². The van der Waals surface area contributed by atoms with E-state index >= 15 is 0 Å². The van der Waals surface area contributed by atoms with E-state index in [4.69, 9.17) is 19.2 Å². The standard InChI is InChI=1S/C54H68N8O9S/c1-34(2)40-9-6-7-10-41(40)44-11-8-22-61(44)38-31-54(32-38)19-23-60(24-20-54)37-12-13-42(46(28-37)71-48-27-36-16-21-55-50(36)57-51(48)59(4)25-26-69-5)52(63)58-72(67,68)39-29-45(62(65)66)49-47(30-39)70-33-43(56-49)35-14-17-53(3,64)18-15-35/h6-7,9-10,12-13,16,21,27-30,34-35,38,43-44,56,64H,8,11,14-15,17-20,22-26,31-33H2,1-5H3,(H,55,57)(H,58,63)/t35?,43-,44+,53?/m1/s1. The molecule has 2 atom stereocenters. The Bertz CT molecular complexity index is 2930. The van der Waals surface area contributed by atoms with Crippen LogP contribution in [0.2, 0.25) is 0 Å². The second kappa shape index (κ2) is 19.8. The van der Waals surface area contributed by atoms with Crippen LogP contribution in [-0.4, -0.2) is 110 Å². The van der Waals surface area contributed by atoms with Crippen molar-refractivity contribution in [3.8, 4) is 17.2 Å². The van der Waals surface area contributed by atoms with Crippen LogP contribution in [0.5, 0.6) is 17.2 Å². The first-order chi connectivity index (χ1) is 34.5. The van der Waals surface area contributed by atoms with Crippen LogP contribution < -0.4 is 29.3 Å². The summed E-state index contributed by atoms with van der Waals surface area (Å²) in [4.78, 5) is 40.8. The molecule has 2 saturated carbocycles. The first kappa shape index (κ1) is 49.6. The van der Waals surface area contributed by atoms with Crippen molar-refractivity contribution in [2.75, 3.05) is 68.7 Å². The molecule has 2 saturated heterocycles. The molecule has 3 aliphatic heterocycles. The number of anilines is 3. The number of aromatic nitrogens is 2. The number of likely N-dealkylation sites (N-methyl/N-ethyl adjacent to an activating group) is 1. The number of fused-ring (bicyclic) bond motifs is 2. The van der Waals surface area contributed by atoms with E-state index in [0.717, 1.165) is 49.6 Å². The Labute approximate surface area is 421 Å². The van der Waals surface area contributed by atoms with Gasteiger partial charge in [-0.25, -0.2) is 18.1 Å². The van der Waals surface area contributed by atoms with Gasteiger partial charge in [0.15, 0.2) is 23.0 Å². The summed E-state index contributed by atoms with van der Waals surface area (Å²) in [6.07, 6.45) is 11.2. The molecule has 10 rings (SSSR count). The number of nitrogens with one attached hydrogen (secondary N) is 3. The average molecular weight is 1010 g/mol. The third-order valence-electron chi connectivity index (χ3n) is 16.4. The maximum Gasteiger partial charge on any atom is 0.297 e. The van der Waals surface area contributed by atoms with Crippen molar-refractivity contribution < 1.29 is 37.5 Å². The van der Waals surface area contributed by atoms with Crippen molar-refractivity contribution in [1.29, 1.82) is 0 Å². The normalized spacial score (nSPS) is 23.3. The number of H-pyrrole nitrogens is 1. The smallest absolute Gasteiger partial charge is 0.297 e. The second-order valence-electron chi connectivity index (χ2n) is 21.6. The van der Waals surface area contributed by atoms with Crippen molar-refractivity contribution in [1.82, 2.24) is 19.6 Å². The van der Waals surface area contributed by atoms with Crippen LogP contribution in [0.15, 0.2) is 77.8 Å². The number of piperidine rings is 1. The third kappa shape index (κ3) is 9.94. The molecule has 5 heterocycles. The molecule has 17 nitrogen and oxygen atoms in total. The Kier molecular flexibility index (Phi) is 13.7. The number of methoxy groups -OCH3 is 1. The number of nitro benzene ring substituents is 1. The molecular formula is C54H68N8O9S. The highest BCUT2D eigenvalue weighted by Crippen LogP contribution is 2.54. The molecule has 4 N–H and O–H groups in total. The number of nitrogens with zero attached hydrogens (tertiary/aromatic N) is 5. The summed E-state index contributed by atoms with van der Waals surface area (Å²) in [5.41, 5.74) is 3.45. The molecule has 72 heavy (non-hydrogen) atoms. The largest absolute Gasteiger partial charge is 0.489 e. The molecule has 4 fully saturated rings. The summed E-state index contributed by atoms with van der Waals surface area (Å²) in [7, 11) is -1.23. The summed E-state index contributed by atoms with van der Waals surface area (Å²) < 4.78 is 48.7. The monoisotopic (exact) mass is 1000 g/mol. The van der Waals surface area contributed by atoms with E-state index in [1.54, 1.807) is 25.4 Å². The van der Waals surface area contributed by atoms with Gasteiger partial charge in [0, 0.05) is 81.3 Å². The number of benzene rings is 3. The van der Waals surface area contributed by atoms with Crippen molar-refractivity contribution in [2.24, 2.45) is 11.3 Å². The van der Waals surface area contributed by atoms with Gasteiger partial charge in [-0.15, -0.1) is 0 Å². The van der Waals surface area contributed by atoms with Crippen LogP contribution in [-0.2, 0) is 14.8 Å². The number of ether oxygens (including phenoxy) is 3. The van der Waals surface area contributed by atoms with E-state index in [0.29, 0.717) is 74.1 Å². The van der Waals surface area contributed by atoms with E-state index in [2.05, 4.69) is 62.9 Å². The molecule has 3 aromatic carbocycles. The quantitative estimate of drug-likeness (QED) is 0.0570. The lowest BCUT2D eigenvalue weighted by molar-refractivity contribution is -0.384. The predicted octanol–water partition coefficient (Wildman–Crippen LogP) is 9.29. The number of nitro groups is 1. The van der Waals surface area contributed by atoms with Gasteiger partial charge in [-0.05, 0) is 130 Å². The maximum absolute atomic E-state index is 14.4. The molecule has 1 amide bonds. The number of rotatable bonds is 15. The Balaban J connectivity index is 0.899. The Morgan fingerprint density at radius 3 is 2.53 bits per heavy atom. The van der Waals surface area contributed by atoms with Crippen molar-refractivity contribution in [3.63, 3.8) is 0 Å². The van der Waals surface area contributed by atoms with E-state index in [1.807, 2.05) is 37.1 Å². The number of amides is 1. The van der Waals surface area contributed by atoms with Crippen LogP contribution in [0.1, 0.15) is 118 Å². The number of carbonyl (C=O) groups excluding carboxylic acids is 1. The zero-order valence-corrected chi connectivity index (χ0v) is 42.8. The van der Waals surface area contributed by atoms with Gasteiger partial charge in [-0.3, -0.25) is 19.8 Å². The molecule has 0 bridgehead atoms. The summed E-state index contributed by atoms with van der Waals surface area (Å²) in [5, 5.41) is 27.0. The predicted molar refractivity (Wildman–Crippen MR) is 277 cm³/mol. The van der Waals surface area contributed by atoms with Gasteiger partial charge in [0.2, 0.25) is 0 Å². The van der Waals surface area contributed by atoms with E-state index in [-0.39, 0.29) is 46.7 Å². The fourth-order valence-corrected chi connectivity index (χ4v) is 13.2. The average Bonchev–Trinajstić information content (AvgIpc) is 4.04. The minimum Gasteiger partial charge on any atom is -0.489 e. The molecule has 1 spiro atoms. The van der Waals surface area contributed by atoms with Crippen molar-refractivity contribution >= 4 is 49.8 Å². The van der Waals surface area contributed by atoms with Gasteiger partial charge < -0.3 is 39.4 Å². The molecule has 0 unspecified atom stereocenters. The minimum atomic E-state index is -4.71. The van der Waals surface area contributed by atoms with Crippen LogP contribution in [0.3, 0.4) is 0 Å². The summed E-state index contributed by atoms with van der Waals surface area (Å²) in [5.74, 6) is 0.526. The zero-order valence-electron chi connectivity index (χ0n) is 42.0. The molecule has 2 aliphatic carbocycles. The molecule has 0 radical (unpaired) electrons. The molecule has 384 valence electrons. The lowest BCUT2D eigenvalue weighted by atomic mass is 9.59. The van der Waals surface area contributed by atoms with Gasteiger partial charge in [0.25, 0.3) is 21.6 Å². The number of likely N-dealkylation sites (tertiary alicyclic amines) is 1. The van der Waals surface area contributed by atoms with Crippen molar-refractivity contribution in [3.05, 3.63) is 99.7 Å². The number of carbonyl (C=O) groups is 1. The van der Waals surface area contributed by atoms with Gasteiger partial charge in [0.05, 0.1) is 33.6 Å². The first-order valence-corrected chi connectivity index (χ1v) is 27.1. The lowest BCUT2D eigenvalue weighted by Gasteiger charge is -2.56. The molecule has 2 aromatic heterocycles. The van der Waals surface area contributed by atoms with Gasteiger partial charge in [-0.2, -0.15) is 0 Å². The second-order valence-corrected chi connectivity index (χ2v) is 23.2. The fourth-order valence-electron chi connectivity index (χ4n) is 12.2. The van der Waals surface area contributed by atoms with E-state index in [9.17, 15) is 28.4 Å². The van der Waals surface area contributed by atoms with Crippen molar-refractivity contribution in [2.45, 2.75) is 120 Å².